The van der Waals surface area contributed by atoms with Crippen LogP contribution in [0.4, 0.5) is 17.1 Å². The van der Waals surface area contributed by atoms with Crippen LogP contribution in [-0.2, 0) is 5.41 Å². The van der Waals surface area contributed by atoms with Crippen molar-refractivity contribution in [3.8, 4) is 22.3 Å². The largest absolute Gasteiger partial charge is 0.310 e. The summed E-state index contributed by atoms with van der Waals surface area (Å²) in [5.41, 5.74) is 13.0. The molecule has 1 aliphatic carbocycles. The zero-order chi connectivity index (χ0) is 36.3. The second-order valence-corrected chi connectivity index (χ2v) is 15.5. The normalized spacial score (nSPS) is 12.9. The van der Waals surface area contributed by atoms with E-state index in [0.717, 1.165) is 17.1 Å². The number of rotatable bonds is 6. The smallest absolute Gasteiger partial charge is 0.0714 e. The first-order valence-corrected chi connectivity index (χ1v) is 19.7. The topological polar surface area (TPSA) is 3.24 Å². The molecule has 1 nitrogen and oxygen atoms in total. The van der Waals surface area contributed by atoms with Crippen LogP contribution in [0.5, 0.6) is 0 Å². The molecule has 2 heteroatoms. The lowest BCUT2D eigenvalue weighted by Crippen LogP contribution is -2.28. The molecule has 0 bridgehead atoms. The second kappa shape index (κ2) is 12.7. The molecule has 9 aromatic carbocycles. The maximum absolute atomic E-state index is 2.46. The molecule has 0 amide bonds. The van der Waals surface area contributed by atoms with Gasteiger partial charge in [-0.25, -0.2) is 0 Å². The third-order valence-corrected chi connectivity index (χ3v) is 12.7. The van der Waals surface area contributed by atoms with E-state index in [9.17, 15) is 0 Å². The number of hydrogen-bond acceptors (Lipinski definition) is 2. The molecule has 55 heavy (non-hydrogen) atoms. The minimum atomic E-state index is -0.492. The molecule has 0 radical (unpaired) electrons. The quantitative estimate of drug-likeness (QED) is 0.166. The van der Waals surface area contributed by atoms with Crippen LogP contribution < -0.4 is 4.90 Å². The van der Waals surface area contributed by atoms with Crippen LogP contribution in [0.15, 0.2) is 212 Å². The summed E-state index contributed by atoms with van der Waals surface area (Å²) in [5.74, 6) is 0. The summed E-state index contributed by atoms with van der Waals surface area (Å²) in [5, 5.41) is 5.14. The summed E-state index contributed by atoms with van der Waals surface area (Å²) in [4.78, 5) is 2.46. The Morgan fingerprint density at radius 2 is 0.964 bits per heavy atom. The minimum absolute atomic E-state index is 0.492. The first kappa shape index (κ1) is 31.8. The Kier molecular flexibility index (Phi) is 7.33. The van der Waals surface area contributed by atoms with Gasteiger partial charge in [0.1, 0.15) is 0 Å². The third kappa shape index (κ3) is 4.85. The molecule has 1 aliphatic rings. The summed E-state index contributed by atoms with van der Waals surface area (Å²) in [6, 6.07) is 78.3. The summed E-state index contributed by atoms with van der Waals surface area (Å²) < 4.78 is 2.63. The maximum atomic E-state index is 2.46. The van der Waals surface area contributed by atoms with Crippen molar-refractivity contribution < 1.29 is 0 Å². The Bertz CT molecular complexity index is 2990. The molecule has 0 atom stereocenters. The van der Waals surface area contributed by atoms with Crippen LogP contribution in [0, 0.1) is 0 Å². The van der Waals surface area contributed by atoms with Crippen molar-refractivity contribution in [3.05, 3.63) is 235 Å². The predicted octanol–water partition coefficient (Wildman–Crippen LogP) is 14.7. The average Bonchev–Trinajstić information content (AvgIpc) is 3.79. The maximum Gasteiger partial charge on any atom is 0.0714 e. The van der Waals surface area contributed by atoms with Crippen LogP contribution in [0.3, 0.4) is 0 Å². The van der Waals surface area contributed by atoms with Gasteiger partial charge in [0.25, 0.3) is 0 Å². The highest BCUT2D eigenvalue weighted by Gasteiger charge is 2.46. The summed E-state index contributed by atoms with van der Waals surface area (Å²) >= 11 is 1.87. The number of fused-ring (bicyclic) bond motifs is 8. The lowest BCUT2D eigenvalue weighted by atomic mass is 9.67. The second-order valence-electron chi connectivity index (χ2n) is 14.4. The number of thiophene rings is 1. The van der Waals surface area contributed by atoms with Crippen molar-refractivity contribution in [2.45, 2.75) is 5.41 Å². The van der Waals surface area contributed by atoms with Crippen molar-refractivity contribution >= 4 is 59.3 Å². The van der Waals surface area contributed by atoms with Crippen molar-refractivity contribution in [2.75, 3.05) is 4.90 Å². The number of anilines is 3. The molecule has 0 aliphatic heterocycles. The molecule has 0 fully saturated rings. The van der Waals surface area contributed by atoms with Crippen molar-refractivity contribution in [2.24, 2.45) is 0 Å². The molecule has 258 valence electrons. The zero-order valence-electron chi connectivity index (χ0n) is 30.1. The summed E-state index contributed by atoms with van der Waals surface area (Å²) in [6.07, 6.45) is 0. The highest BCUT2D eigenvalue weighted by Crippen LogP contribution is 2.56. The third-order valence-electron chi connectivity index (χ3n) is 11.5. The van der Waals surface area contributed by atoms with Crippen LogP contribution in [-0.4, -0.2) is 0 Å². The predicted molar refractivity (Wildman–Crippen MR) is 234 cm³/mol. The number of nitrogens with zero attached hydrogens (tertiary/aromatic N) is 1. The molecular weight excluding hydrogens is 683 g/mol. The number of benzene rings is 9. The Morgan fingerprint density at radius 1 is 0.364 bits per heavy atom. The molecule has 0 saturated carbocycles. The van der Waals surface area contributed by atoms with Crippen molar-refractivity contribution in [1.29, 1.82) is 0 Å². The summed E-state index contributed by atoms with van der Waals surface area (Å²) in [6.45, 7) is 0. The standard InChI is InChI=1S/C53H35NS/c1-3-15-36(16-4-1)37-29-31-40(32-30-37)54(49-27-14-24-45-44(49)33-34-51-52(45)46-23-9-12-28-50(46)55-51)41-20-13-19-39(35-41)53(38-17-5-2-6-18-38)47-25-10-7-21-42(47)43-22-8-11-26-48(43)53/h1-35H. The molecule has 1 heterocycles. The monoisotopic (exact) mass is 717 g/mol. The Balaban J connectivity index is 1.18. The van der Waals surface area contributed by atoms with Crippen molar-refractivity contribution in [3.63, 3.8) is 0 Å². The van der Waals surface area contributed by atoms with E-state index < -0.39 is 5.41 Å². The highest BCUT2D eigenvalue weighted by molar-refractivity contribution is 7.26. The molecule has 0 N–H and O–H groups in total. The first-order chi connectivity index (χ1) is 27.3. The van der Waals surface area contributed by atoms with Gasteiger partial charge < -0.3 is 4.90 Å². The fourth-order valence-electron chi connectivity index (χ4n) is 9.21. The Morgan fingerprint density at radius 3 is 1.73 bits per heavy atom. The SMILES string of the molecule is c1ccc(-c2ccc(N(c3cccc(C4(c5ccccc5)c5ccccc5-c5ccccc54)c3)c3cccc4c3ccc3sc5ccccc5c34)cc2)cc1. The van der Waals surface area contributed by atoms with Gasteiger partial charge in [-0.3, -0.25) is 0 Å². The van der Waals surface area contributed by atoms with Gasteiger partial charge in [0.15, 0.2) is 0 Å². The lowest BCUT2D eigenvalue weighted by Gasteiger charge is -2.35. The fourth-order valence-corrected chi connectivity index (χ4v) is 10.3. The van der Waals surface area contributed by atoms with Gasteiger partial charge in [-0.05, 0) is 92.4 Å². The Hall–Kier alpha value is -6.74. The molecule has 11 rings (SSSR count). The minimum Gasteiger partial charge on any atom is -0.310 e. The molecule has 0 saturated heterocycles. The van der Waals surface area contributed by atoms with E-state index in [1.165, 1.54) is 75.5 Å². The van der Waals surface area contributed by atoms with E-state index in [-0.39, 0.29) is 0 Å². The van der Waals surface area contributed by atoms with Crippen LogP contribution >= 0.6 is 11.3 Å². The molecular formula is C53H35NS. The van der Waals surface area contributed by atoms with Gasteiger partial charge in [-0.15, -0.1) is 11.3 Å². The highest BCUT2D eigenvalue weighted by atomic mass is 32.1. The van der Waals surface area contributed by atoms with Crippen LogP contribution in [0.2, 0.25) is 0 Å². The molecule has 0 unspecified atom stereocenters. The number of hydrogen-bond donors (Lipinski definition) is 0. The van der Waals surface area contributed by atoms with Gasteiger partial charge in [0, 0.05) is 36.9 Å². The molecule has 0 spiro atoms. The van der Waals surface area contributed by atoms with Crippen LogP contribution in [0.25, 0.3) is 53.2 Å². The Labute approximate surface area is 325 Å². The van der Waals surface area contributed by atoms with E-state index in [1.54, 1.807) is 0 Å². The van der Waals surface area contributed by atoms with Crippen LogP contribution in [0.1, 0.15) is 22.3 Å². The van der Waals surface area contributed by atoms with E-state index >= 15 is 0 Å². The van der Waals surface area contributed by atoms with E-state index in [1.807, 2.05) is 11.3 Å². The average molecular weight is 718 g/mol. The van der Waals surface area contributed by atoms with E-state index in [2.05, 4.69) is 217 Å². The first-order valence-electron chi connectivity index (χ1n) is 18.9. The lowest BCUT2D eigenvalue weighted by molar-refractivity contribution is 0.768. The fraction of sp³-hybridized carbons (Fsp3) is 0.0189. The van der Waals surface area contributed by atoms with E-state index in [0.29, 0.717) is 0 Å². The zero-order valence-corrected chi connectivity index (χ0v) is 30.9. The van der Waals surface area contributed by atoms with Crippen molar-refractivity contribution in [1.82, 2.24) is 0 Å². The van der Waals surface area contributed by atoms with Gasteiger partial charge in [-0.1, -0.05) is 170 Å². The molecule has 10 aromatic rings. The molecule has 1 aromatic heterocycles. The van der Waals surface area contributed by atoms with Gasteiger partial charge >= 0.3 is 0 Å². The van der Waals surface area contributed by atoms with Gasteiger partial charge in [-0.2, -0.15) is 0 Å². The summed E-state index contributed by atoms with van der Waals surface area (Å²) in [7, 11) is 0. The van der Waals surface area contributed by atoms with E-state index in [4.69, 9.17) is 0 Å². The van der Waals surface area contributed by atoms with Gasteiger partial charge in [0.2, 0.25) is 0 Å². The van der Waals surface area contributed by atoms with Gasteiger partial charge in [0.05, 0.1) is 11.1 Å².